The van der Waals surface area contributed by atoms with Gasteiger partial charge in [0.1, 0.15) is 17.1 Å². The van der Waals surface area contributed by atoms with E-state index in [1.165, 1.54) is 6.26 Å². The van der Waals surface area contributed by atoms with Crippen LogP contribution in [0.5, 0.6) is 11.5 Å². The topological polar surface area (TPSA) is 35.5 Å². The maximum Gasteiger partial charge on any atom is 0.347 e. The average molecular weight is 254 g/mol. The lowest BCUT2D eigenvalue weighted by atomic mass is 10.2. The van der Waals surface area contributed by atoms with E-state index in [9.17, 15) is 4.79 Å². The number of carbonyl (C=O) groups excluding carboxylic acids is 1. The van der Waals surface area contributed by atoms with Gasteiger partial charge < -0.3 is 9.47 Å². The Bertz CT molecular complexity index is 574. The molecule has 0 N–H and O–H groups in total. The monoisotopic (exact) mass is 254 g/mol. The fraction of sp³-hybridized carbons (Fsp3) is 0.0625. The van der Waals surface area contributed by atoms with Crippen molar-refractivity contribution in [3.63, 3.8) is 0 Å². The molecule has 2 aromatic rings. The first-order chi connectivity index (χ1) is 9.31. The third-order valence-corrected chi connectivity index (χ3v) is 2.39. The first-order valence-corrected chi connectivity index (χ1v) is 5.95. The summed E-state index contributed by atoms with van der Waals surface area (Å²) < 4.78 is 10.6. The maximum absolute atomic E-state index is 12.1. The Morgan fingerprint density at radius 2 is 1.68 bits per heavy atom. The summed E-state index contributed by atoms with van der Waals surface area (Å²) in [6.07, 6.45) is 3.27. The van der Waals surface area contributed by atoms with Crippen molar-refractivity contribution in [2.45, 2.75) is 6.92 Å². The third kappa shape index (κ3) is 3.45. The number of rotatable bonds is 4. The van der Waals surface area contributed by atoms with Crippen LogP contribution in [0.25, 0.3) is 0 Å². The number of allylic oxidation sites excluding steroid dienone is 1. The van der Waals surface area contributed by atoms with E-state index in [0.717, 1.165) is 0 Å². The number of carbonyl (C=O) groups is 1. The summed E-state index contributed by atoms with van der Waals surface area (Å²) in [5, 5.41) is 0. The van der Waals surface area contributed by atoms with Crippen molar-refractivity contribution in [3.05, 3.63) is 72.5 Å². The Hall–Kier alpha value is -2.55. The van der Waals surface area contributed by atoms with Crippen molar-refractivity contribution < 1.29 is 14.3 Å². The van der Waals surface area contributed by atoms with Gasteiger partial charge in [-0.25, -0.2) is 4.79 Å². The highest BCUT2D eigenvalue weighted by atomic mass is 16.5. The molecule has 0 spiro atoms. The Balaban J connectivity index is 2.19. The first-order valence-electron chi connectivity index (χ1n) is 5.95. The summed E-state index contributed by atoms with van der Waals surface area (Å²) in [5.74, 6) is 0.543. The molecule has 0 aromatic heterocycles. The fourth-order valence-corrected chi connectivity index (χ4v) is 1.53. The molecule has 2 aromatic carbocycles. The van der Waals surface area contributed by atoms with Crippen LogP contribution in [0.15, 0.2) is 66.9 Å². The van der Waals surface area contributed by atoms with Gasteiger partial charge in [-0.2, -0.15) is 0 Å². The van der Waals surface area contributed by atoms with E-state index in [1.807, 2.05) is 25.1 Å². The van der Waals surface area contributed by atoms with E-state index in [0.29, 0.717) is 17.1 Å². The lowest BCUT2D eigenvalue weighted by molar-refractivity contribution is 0.0732. The highest BCUT2D eigenvalue weighted by Gasteiger charge is 2.13. The van der Waals surface area contributed by atoms with Gasteiger partial charge in [0.15, 0.2) is 0 Å². The van der Waals surface area contributed by atoms with Crippen LogP contribution >= 0.6 is 0 Å². The van der Waals surface area contributed by atoms with Gasteiger partial charge in [-0.1, -0.05) is 36.4 Å². The number of hydrogen-bond acceptors (Lipinski definition) is 3. The quantitative estimate of drug-likeness (QED) is 0.472. The maximum atomic E-state index is 12.1. The van der Waals surface area contributed by atoms with Crippen LogP contribution in [0.3, 0.4) is 0 Å². The molecule has 0 fully saturated rings. The zero-order valence-corrected chi connectivity index (χ0v) is 10.6. The third-order valence-electron chi connectivity index (χ3n) is 2.39. The van der Waals surface area contributed by atoms with E-state index < -0.39 is 5.97 Å². The lowest BCUT2D eigenvalue weighted by Crippen LogP contribution is -2.09. The summed E-state index contributed by atoms with van der Waals surface area (Å²) in [6.45, 7) is 1.84. The molecule has 3 heteroatoms. The number of hydrogen-bond donors (Lipinski definition) is 0. The van der Waals surface area contributed by atoms with E-state index in [-0.39, 0.29) is 0 Å². The number of esters is 1. The van der Waals surface area contributed by atoms with E-state index in [2.05, 4.69) is 0 Å². The Morgan fingerprint density at radius 1 is 1.00 bits per heavy atom. The fourth-order valence-electron chi connectivity index (χ4n) is 1.53. The van der Waals surface area contributed by atoms with Crippen molar-refractivity contribution in [2.75, 3.05) is 0 Å². The molecular formula is C16H14O3. The predicted octanol–water partition coefficient (Wildman–Crippen LogP) is 3.82. The Morgan fingerprint density at radius 3 is 2.42 bits per heavy atom. The second kappa shape index (κ2) is 6.40. The van der Waals surface area contributed by atoms with E-state index in [1.54, 1.807) is 42.5 Å². The van der Waals surface area contributed by atoms with Crippen molar-refractivity contribution in [2.24, 2.45) is 0 Å². The van der Waals surface area contributed by atoms with Gasteiger partial charge in [0.05, 0.1) is 6.26 Å². The van der Waals surface area contributed by atoms with Gasteiger partial charge in [0.2, 0.25) is 0 Å². The summed E-state index contributed by atoms with van der Waals surface area (Å²) >= 11 is 0. The van der Waals surface area contributed by atoms with Crippen molar-refractivity contribution >= 4 is 5.97 Å². The molecule has 3 nitrogen and oxygen atoms in total. The van der Waals surface area contributed by atoms with Crippen LogP contribution in [0.4, 0.5) is 0 Å². The number of benzene rings is 2. The van der Waals surface area contributed by atoms with Crippen LogP contribution in [-0.2, 0) is 0 Å². The number of para-hydroxylation sites is 2. The summed E-state index contributed by atoms with van der Waals surface area (Å²) in [5.41, 5.74) is 0.393. The van der Waals surface area contributed by atoms with Crippen molar-refractivity contribution in [1.82, 2.24) is 0 Å². The minimum Gasteiger partial charge on any atom is -0.464 e. The van der Waals surface area contributed by atoms with Gasteiger partial charge in [0.25, 0.3) is 0 Å². The smallest absolute Gasteiger partial charge is 0.347 e. The second-order valence-corrected chi connectivity index (χ2v) is 3.79. The van der Waals surface area contributed by atoms with Crippen molar-refractivity contribution in [1.29, 1.82) is 0 Å². The molecule has 0 atom stereocenters. The zero-order chi connectivity index (χ0) is 13.5. The summed E-state index contributed by atoms with van der Waals surface area (Å²) in [6, 6.07) is 15.9. The largest absolute Gasteiger partial charge is 0.464 e. The molecule has 0 saturated carbocycles. The van der Waals surface area contributed by atoms with Gasteiger partial charge in [-0.05, 0) is 31.2 Å². The average Bonchev–Trinajstić information content (AvgIpc) is 2.46. The molecule has 0 aliphatic rings. The Labute approximate surface area is 112 Å². The van der Waals surface area contributed by atoms with Gasteiger partial charge in [0, 0.05) is 0 Å². The van der Waals surface area contributed by atoms with Crippen LogP contribution in [-0.4, -0.2) is 5.97 Å². The van der Waals surface area contributed by atoms with Gasteiger partial charge in [-0.15, -0.1) is 0 Å². The predicted molar refractivity (Wildman–Crippen MR) is 73.3 cm³/mol. The lowest BCUT2D eigenvalue weighted by Gasteiger charge is -2.08. The summed E-state index contributed by atoms with van der Waals surface area (Å²) in [4.78, 5) is 12.1. The molecule has 0 aliphatic carbocycles. The molecular weight excluding hydrogens is 240 g/mol. The normalized spacial score (nSPS) is 10.4. The van der Waals surface area contributed by atoms with Gasteiger partial charge >= 0.3 is 5.97 Å². The molecule has 19 heavy (non-hydrogen) atoms. The number of ether oxygens (including phenoxy) is 2. The molecule has 0 aliphatic heterocycles. The van der Waals surface area contributed by atoms with E-state index in [4.69, 9.17) is 9.47 Å². The van der Waals surface area contributed by atoms with Crippen molar-refractivity contribution in [3.8, 4) is 11.5 Å². The van der Waals surface area contributed by atoms with Gasteiger partial charge in [-0.3, -0.25) is 0 Å². The minimum atomic E-state index is -0.439. The minimum absolute atomic E-state index is 0.393. The molecule has 2 rings (SSSR count). The van der Waals surface area contributed by atoms with Crippen LogP contribution in [0.2, 0.25) is 0 Å². The molecule has 0 bridgehead atoms. The molecule has 0 saturated heterocycles. The molecule has 0 unspecified atom stereocenters. The highest BCUT2D eigenvalue weighted by molar-refractivity contribution is 5.94. The first kappa shape index (κ1) is 12.9. The zero-order valence-electron chi connectivity index (χ0n) is 10.6. The standard InChI is InChI=1S/C16H14O3/c1-2-12-18-15-11-7-6-10-14(15)16(17)19-13-8-4-3-5-9-13/h2-12H,1H3. The highest BCUT2D eigenvalue weighted by Crippen LogP contribution is 2.20. The van der Waals surface area contributed by atoms with Crippen LogP contribution < -0.4 is 9.47 Å². The van der Waals surface area contributed by atoms with E-state index >= 15 is 0 Å². The summed E-state index contributed by atoms with van der Waals surface area (Å²) in [7, 11) is 0. The molecule has 0 heterocycles. The Kier molecular flexibility index (Phi) is 4.34. The molecule has 96 valence electrons. The van der Waals surface area contributed by atoms with Crippen LogP contribution in [0.1, 0.15) is 17.3 Å². The molecule has 0 amide bonds. The molecule has 0 radical (unpaired) electrons. The van der Waals surface area contributed by atoms with Crippen LogP contribution in [0, 0.1) is 0 Å². The second-order valence-electron chi connectivity index (χ2n) is 3.79. The SMILES string of the molecule is CC=COc1ccccc1C(=O)Oc1ccccc1.